The van der Waals surface area contributed by atoms with E-state index in [1.54, 1.807) is 0 Å². The van der Waals surface area contributed by atoms with Crippen LogP contribution in [-0.4, -0.2) is 19.1 Å². The van der Waals surface area contributed by atoms with Crippen LogP contribution in [0.4, 0.5) is 0 Å². The molecule has 0 amide bonds. The molecule has 0 fully saturated rings. The molecule has 0 radical (unpaired) electrons. The molecule has 0 bridgehead atoms. The fourth-order valence-corrected chi connectivity index (χ4v) is 10.4. The second kappa shape index (κ2) is 12.6. The van der Waals surface area contributed by atoms with E-state index >= 15 is 0 Å². The average Bonchev–Trinajstić information content (AvgIpc) is 3.90. The van der Waals surface area contributed by atoms with Crippen LogP contribution in [0.2, 0.25) is 0 Å². The van der Waals surface area contributed by atoms with E-state index in [-0.39, 0.29) is 5.41 Å². The van der Waals surface area contributed by atoms with Crippen LogP contribution in [0.5, 0.6) is 0 Å². The lowest BCUT2D eigenvalue weighted by Crippen LogP contribution is -2.15. The Kier molecular flexibility index (Phi) is 7.04. The second-order valence-electron chi connectivity index (χ2n) is 17.0. The monoisotopic (exact) mass is 778 g/mol. The molecular weight excluding hydrogens is 741 g/mol. The fourth-order valence-electron chi connectivity index (χ4n) is 10.4. The molecule has 3 heterocycles. The van der Waals surface area contributed by atoms with Gasteiger partial charge in [-0.05, 0) is 93.7 Å². The maximum absolute atomic E-state index is 5.23. The Labute approximate surface area is 352 Å². The summed E-state index contributed by atoms with van der Waals surface area (Å²) in [5.41, 5.74) is 16.0. The van der Waals surface area contributed by atoms with Crippen LogP contribution in [0.25, 0.3) is 110 Å². The van der Waals surface area contributed by atoms with Crippen molar-refractivity contribution in [3.05, 3.63) is 205 Å². The molecule has 1 aliphatic carbocycles. The third-order valence-electron chi connectivity index (χ3n) is 13.3. The quantitative estimate of drug-likeness (QED) is 0.178. The summed E-state index contributed by atoms with van der Waals surface area (Å²) in [6, 6.07) is 70.5. The third kappa shape index (κ3) is 4.87. The number of fused-ring (bicyclic) bond motifs is 12. The van der Waals surface area contributed by atoms with E-state index in [0.717, 1.165) is 44.9 Å². The van der Waals surface area contributed by atoms with E-state index in [4.69, 9.17) is 9.97 Å². The van der Waals surface area contributed by atoms with Gasteiger partial charge in [-0.1, -0.05) is 147 Å². The Morgan fingerprint density at radius 2 is 1.05 bits per heavy atom. The molecular formula is C57H38N4. The normalized spacial score (nSPS) is 13.2. The van der Waals surface area contributed by atoms with Gasteiger partial charge < -0.3 is 9.13 Å². The molecule has 61 heavy (non-hydrogen) atoms. The minimum atomic E-state index is -0.261. The average molecular weight is 779 g/mol. The summed E-state index contributed by atoms with van der Waals surface area (Å²) >= 11 is 0. The molecule has 0 saturated carbocycles. The van der Waals surface area contributed by atoms with Gasteiger partial charge in [0.2, 0.25) is 0 Å². The van der Waals surface area contributed by atoms with E-state index in [1.165, 1.54) is 76.6 Å². The van der Waals surface area contributed by atoms with Crippen LogP contribution in [0.15, 0.2) is 194 Å². The van der Waals surface area contributed by atoms with Gasteiger partial charge in [-0.2, -0.15) is 0 Å². The molecule has 13 rings (SSSR count). The molecule has 0 aliphatic heterocycles. The first-order chi connectivity index (χ1) is 30.0. The fraction of sp³-hybridized carbons (Fsp3) is 0.0526. The number of rotatable bonds is 4. The molecule has 0 spiro atoms. The highest BCUT2D eigenvalue weighted by atomic mass is 15.0. The van der Waals surface area contributed by atoms with Crippen molar-refractivity contribution in [2.24, 2.45) is 0 Å². The molecule has 4 nitrogen and oxygen atoms in total. The van der Waals surface area contributed by atoms with Crippen LogP contribution in [-0.2, 0) is 5.41 Å². The second-order valence-corrected chi connectivity index (χ2v) is 17.0. The van der Waals surface area contributed by atoms with E-state index in [0.29, 0.717) is 0 Å². The van der Waals surface area contributed by atoms with Crippen LogP contribution in [0.3, 0.4) is 0 Å². The molecule has 9 aromatic carbocycles. The molecule has 3 aromatic heterocycles. The van der Waals surface area contributed by atoms with Gasteiger partial charge in [0, 0.05) is 54.8 Å². The van der Waals surface area contributed by atoms with Crippen molar-refractivity contribution in [1.82, 2.24) is 19.1 Å². The predicted molar refractivity (Wildman–Crippen MR) is 254 cm³/mol. The van der Waals surface area contributed by atoms with Crippen molar-refractivity contribution in [1.29, 1.82) is 0 Å². The molecule has 0 saturated heterocycles. The van der Waals surface area contributed by atoms with E-state index in [2.05, 4.69) is 211 Å². The molecule has 0 N–H and O–H groups in total. The summed E-state index contributed by atoms with van der Waals surface area (Å²) in [5.74, 6) is 0.741. The van der Waals surface area contributed by atoms with Gasteiger partial charge >= 0.3 is 0 Å². The summed E-state index contributed by atoms with van der Waals surface area (Å²) in [4.78, 5) is 10.3. The number of benzene rings is 9. The van der Waals surface area contributed by atoms with E-state index in [1.807, 2.05) is 6.07 Å². The summed E-state index contributed by atoms with van der Waals surface area (Å²) in [6.07, 6.45) is 0. The van der Waals surface area contributed by atoms with Crippen molar-refractivity contribution < 1.29 is 0 Å². The van der Waals surface area contributed by atoms with Gasteiger partial charge in [-0.25, -0.2) is 9.97 Å². The number of hydrogen-bond donors (Lipinski definition) is 0. The molecule has 0 unspecified atom stereocenters. The molecule has 0 atom stereocenters. The van der Waals surface area contributed by atoms with Crippen molar-refractivity contribution in [2.75, 3.05) is 0 Å². The van der Waals surface area contributed by atoms with Gasteiger partial charge in [0.25, 0.3) is 0 Å². The zero-order valence-corrected chi connectivity index (χ0v) is 33.8. The minimum absolute atomic E-state index is 0.261. The van der Waals surface area contributed by atoms with Crippen LogP contribution >= 0.6 is 0 Å². The van der Waals surface area contributed by atoms with Gasteiger partial charge in [-0.15, -0.1) is 0 Å². The maximum atomic E-state index is 5.23. The first-order valence-electron chi connectivity index (χ1n) is 21.1. The first-order valence-corrected chi connectivity index (χ1v) is 21.1. The number of para-hydroxylation sites is 3. The molecule has 12 aromatic rings. The highest BCUT2D eigenvalue weighted by molar-refractivity contribution is 6.25. The predicted octanol–water partition coefficient (Wildman–Crippen LogP) is 14.6. The smallest absolute Gasteiger partial charge is 0.160 e. The van der Waals surface area contributed by atoms with Crippen molar-refractivity contribution in [3.8, 4) is 45.1 Å². The SMILES string of the molecule is CC1(C)c2cc(-c3nc(-c4ccccc4)c4ccccc4n3)ccc2-c2ccc(-n3c4ccccc4c4cc5c6c7ccccc7ccc6n(-c6ccccc6)c5cc43)cc21. The minimum Gasteiger partial charge on any atom is -0.309 e. The van der Waals surface area contributed by atoms with E-state index in [9.17, 15) is 0 Å². The van der Waals surface area contributed by atoms with Gasteiger partial charge in [0.1, 0.15) is 0 Å². The van der Waals surface area contributed by atoms with Gasteiger partial charge in [0.05, 0.1) is 33.3 Å². The molecule has 1 aliphatic rings. The topological polar surface area (TPSA) is 35.6 Å². The lowest BCUT2D eigenvalue weighted by molar-refractivity contribution is 0.660. The number of aromatic nitrogens is 4. The zero-order chi connectivity index (χ0) is 40.4. The summed E-state index contributed by atoms with van der Waals surface area (Å²) in [7, 11) is 0. The largest absolute Gasteiger partial charge is 0.309 e. The van der Waals surface area contributed by atoms with Crippen molar-refractivity contribution >= 4 is 65.3 Å². The third-order valence-corrected chi connectivity index (χ3v) is 13.3. The van der Waals surface area contributed by atoms with Crippen LogP contribution < -0.4 is 0 Å². The van der Waals surface area contributed by atoms with Crippen molar-refractivity contribution in [3.63, 3.8) is 0 Å². The maximum Gasteiger partial charge on any atom is 0.160 e. The highest BCUT2D eigenvalue weighted by Crippen LogP contribution is 2.51. The van der Waals surface area contributed by atoms with E-state index < -0.39 is 0 Å². The lowest BCUT2D eigenvalue weighted by atomic mass is 9.81. The Bertz CT molecular complexity index is 3780. The Balaban J connectivity index is 1.000. The van der Waals surface area contributed by atoms with Crippen molar-refractivity contribution in [2.45, 2.75) is 19.3 Å². The standard InChI is InChI=1S/C57H38N4/c1-57(2)47-31-37(56-58-49-23-13-11-22-44(49)55(59-56)36-16-5-3-6-17-36)25-28-41(47)42-29-27-39(32-48(42)57)61-50-24-14-12-21-43(50)45-33-46-53(34-52(45)61)60(38-18-7-4-8-19-38)51-30-26-35-15-9-10-20-40(35)54(46)51/h3-34H,1-2H3. The van der Waals surface area contributed by atoms with Gasteiger partial charge in [-0.3, -0.25) is 0 Å². The molecule has 286 valence electrons. The number of nitrogens with zero attached hydrogens (tertiary/aromatic N) is 4. The molecule has 4 heteroatoms. The van der Waals surface area contributed by atoms with Gasteiger partial charge in [0.15, 0.2) is 5.82 Å². The summed E-state index contributed by atoms with van der Waals surface area (Å²) in [5, 5.41) is 8.63. The summed E-state index contributed by atoms with van der Waals surface area (Å²) in [6.45, 7) is 4.72. The Morgan fingerprint density at radius 1 is 0.393 bits per heavy atom. The first kappa shape index (κ1) is 34.1. The summed E-state index contributed by atoms with van der Waals surface area (Å²) < 4.78 is 4.93. The lowest BCUT2D eigenvalue weighted by Gasteiger charge is -2.23. The Hall–Kier alpha value is -7.82. The van der Waals surface area contributed by atoms with Crippen LogP contribution in [0.1, 0.15) is 25.0 Å². The van der Waals surface area contributed by atoms with Crippen LogP contribution in [0, 0.1) is 0 Å². The zero-order valence-electron chi connectivity index (χ0n) is 33.8. The highest BCUT2D eigenvalue weighted by Gasteiger charge is 2.36. The Morgan fingerprint density at radius 3 is 1.89 bits per heavy atom. The number of hydrogen-bond acceptors (Lipinski definition) is 2.